The van der Waals surface area contributed by atoms with Gasteiger partial charge in [-0.2, -0.15) is 4.98 Å². The highest BCUT2D eigenvalue weighted by molar-refractivity contribution is 5.46. The minimum absolute atomic E-state index is 0.359. The summed E-state index contributed by atoms with van der Waals surface area (Å²) >= 11 is 0. The predicted molar refractivity (Wildman–Crippen MR) is 78.0 cm³/mol. The molecule has 19 heavy (non-hydrogen) atoms. The van der Waals surface area contributed by atoms with Crippen molar-refractivity contribution in [1.29, 1.82) is 0 Å². The average molecular weight is 264 g/mol. The molecule has 0 bridgehead atoms. The molecule has 4 N–H and O–H groups in total. The first-order chi connectivity index (χ1) is 9.19. The van der Waals surface area contributed by atoms with E-state index in [9.17, 15) is 0 Å². The molecule has 1 aliphatic heterocycles. The van der Waals surface area contributed by atoms with Crippen LogP contribution >= 0.6 is 0 Å². The fourth-order valence-corrected chi connectivity index (χ4v) is 2.47. The maximum Gasteiger partial charge on any atom is 0.239 e. The van der Waals surface area contributed by atoms with Crippen LogP contribution in [0.4, 0.5) is 11.8 Å². The Kier molecular flexibility index (Phi) is 4.93. The Morgan fingerprint density at radius 2 is 2.11 bits per heavy atom. The lowest BCUT2D eigenvalue weighted by Crippen LogP contribution is -2.38. The van der Waals surface area contributed by atoms with Crippen molar-refractivity contribution in [2.24, 2.45) is 5.84 Å². The van der Waals surface area contributed by atoms with Crippen LogP contribution in [0.1, 0.15) is 31.7 Å². The summed E-state index contributed by atoms with van der Waals surface area (Å²) in [6.45, 7) is 7.66. The minimum atomic E-state index is 0.359. The summed E-state index contributed by atoms with van der Waals surface area (Å²) in [6.07, 6.45) is 5.79. The van der Waals surface area contributed by atoms with E-state index in [1.165, 1.54) is 32.4 Å². The van der Waals surface area contributed by atoms with E-state index in [0.717, 1.165) is 17.9 Å². The summed E-state index contributed by atoms with van der Waals surface area (Å²) in [7, 11) is 0. The predicted octanol–water partition coefficient (Wildman–Crippen LogP) is 1.36. The number of aryl methyl sites for hydroxylation is 1. The number of likely N-dealkylation sites (tertiary alicyclic amines) is 1. The van der Waals surface area contributed by atoms with Crippen molar-refractivity contribution < 1.29 is 0 Å². The zero-order chi connectivity index (χ0) is 13.7. The zero-order valence-corrected chi connectivity index (χ0v) is 11.8. The number of nitrogens with two attached hydrogens (primary N) is 1. The maximum absolute atomic E-state index is 5.34. The molecule has 1 unspecified atom stereocenters. The quantitative estimate of drug-likeness (QED) is 0.550. The number of aromatic nitrogens is 2. The number of anilines is 2. The topological polar surface area (TPSA) is 79.1 Å². The fraction of sp³-hybridized carbons (Fsp3) is 0.692. The molecule has 0 aromatic carbocycles. The molecule has 1 fully saturated rings. The molecule has 0 saturated carbocycles. The van der Waals surface area contributed by atoms with E-state index >= 15 is 0 Å². The smallest absolute Gasteiger partial charge is 0.239 e. The number of nitrogens with one attached hydrogen (secondary N) is 2. The second-order valence-corrected chi connectivity index (χ2v) is 5.28. The molecular formula is C13H24N6. The maximum atomic E-state index is 5.34. The van der Waals surface area contributed by atoms with Crippen molar-refractivity contribution in [3.63, 3.8) is 0 Å². The van der Waals surface area contributed by atoms with Crippen LogP contribution in [0.5, 0.6) is 0 Å². The third-order valence-electron chi connectivity index (χ3n) is 3.46. The minimum Gasteiger partial charge on any atom is -0.366 e. The van der Waals surface area contributed by atoms with Crippen LogP contribution in [0.15, 0.2) is 6.20 Å². The third-order valence-corrected chi connectivity index (χ3v) is 3.46. The summed E-state index contributed by atoms with van der Waals surface area (Å²) in [5.74, 6) is 6.63. The molecule has 0 amide bonds. The van der Waals surface area contributed by atoms with E-state index < -0.39 is 0 Å². The standard InChI is InChI=1S/C13H24N6/c1-10-8-15-13(18-14)17-12(10)16-11(2)9-19-6-4-3-5-7-19/h8,11H,3-7,9,14H2,1-2H3,(H2,15,16,17,18). The van der Waals surface area contributed by atoms with Crippen LogP contribution < -0.4 is 16.6 Å². The van der Waals surface area contributed by atoms with E-state index in [2.05, 4.69) is 32.5 Å². The third kappa shape index (κ3) is 4.04. The fourth-order valence-electron chi connectivity index (χ4n) is 2.47. The second kappa shape index (κ2) is 6.68. The first-order valence-corrected chi connectivity index (χ1v) is 6.98. The van der Waals surface area contributed by atoms with Gasteiger partial charge in [0.05, 0.1) is 0 Å². The number of nitrogen functional groups attached to an aromatic ring is 1. The molecule has 1 aromatic rings. The Balaban J connectivity index is 1.92. The lowest BCUT2D eigenvalue weighted by Gasteiger charge is -2.29. The van der Waals surface area contributed by atoms with Gasteiger partial charge in [0.2, 0.25) is 5.95 Å². The van der Waals surface area contributed by atoms with Crippen LogP contribution in [-0.2, 0) is 0 Å². The average Bonchev–Trinajstić information content (AvgIpc) is 2.42. The van der Waals surface area contributed by atoms with Crippen molar-refractivity contribution in [2.75, 3.05) is 30.4 Å². The monoisotopic (exact) mass is 264 g/mol. The van der Waals surface area contributed by atoms with Gasteiger partial charge in [-0.15, -0.1) is 0 Å². The highest BCUT2D eigenvalue weighted by Gasteiger charge is 2.14. The van der Waals surface area contributed by atoms with E-state index in [1.807, 2.05) is 6.92 Å². The van der Waals surface area contributed by atoms with Crippen molar-refractivity contribution in [3.8, 4) is 0 Å². The van der Waals surface area contributed by atoms with Crippen molar-refractivity contribution in [3.05, 3.63) is 11.8 Å². The molecule has 6 heteroatoms. The molecule has 106 valence electrons. The van der Waals surface area contributed by atoms with Gasteiger partial charge in [0.25, 0.3) is 0 Å². The largest absolute Gasteiger partial charge is 0.366 e. The van der Waals surface area contributed by atoms with Crippen molar-refractivity contribution >= 4 is 11.8 Å². The Hall–Kier alpha value is -1.40. The van der Waals surface area contributed by atoms with Gasteiger partial charge in [-0.3, -0.25) is 5.43 Å². The van der Waals surface area contributed by atoms with Gasteiger partial charge in [-0.1, -0.05) is 6.42 Å². The zero-order valence-electron chi connectivity index (χ0n) is 11.8. The van der Waals surface area contributed by atoms with E-state index in [4.69, 9.17) is 5.84 Å². The Bertz CT molecular complexity index is 402. The Labute approximate surface area is 114 Å². The summed E-state index contributed by atoms with van der Waals surface area (Å²) in [4.78, 5) is 10.9. The summed E-state index contributed by atoms with van der Waals surface area (Å²) < 4.78 is 0. The molecule has 1 aliphatic rings. The highest BCUT2D eigenvalue weighted by atomic mass is 15.3. The van der Waals surface area contributed by atoms with Gasteiger partial charge in [-0.25, -0.2) is 10.8 Å². The molecule has 6 nitrogen and oxygen atoms in total. The lowest BCUT2D eigenvalue weighted by molar-refractivity contribution is 0.223. The molecule has 2 heterocycles. The molecule has 2 rings (SSSR count). The second-order valence-electron chi connectivity index (χ2n) is 5.28. The number of rotatable bonds is 5. The first-order valence-electron chi connectivity index (χ1n) is 6.98. The molecular weight excluding hydrogens is 240 g/mol. The van der Waals surface area contributed by atoms with Gasteiger partial charge in [0, 0.05) is 24.3 Å². The van der Waals surface area contributed by atoms with E-state index in [0.29, 0.717) is 12.0 Å². The SMILES string of the molecule is Cc1cnc(NN)nc1NC(C)CN1CCCCC1. The lowest BCUT2D eigenvalue weighted by atomic mass is 10.1. The van der Waals surface area contributed by atoms with Crippen molar-refractivity contribution in [2.45, 2.75) is 39.2 Å². The summed E-state index contributed by atoms with van der Waals surface area (Å²) in [5, 5.41) is 3.44. The van der Waals surface area contributed by atoms with Crippen molar-refractivity contribution in [1.82, 2.24) is 14.9 Å². The molecule has 1 atom stereocenters. The Morgan fingerprint density at radius 1 is 1.37 bits per heavy atom. The van der Waals surface area contributed by atoms with Crippen LogP contribution in [0.2, 0.25) is 0 Å². The molecule has 1 saturated heterocycles. The van der Waals surface area contributed by atoms with Gasteiger partial charge < -0.3 is 10.2 Å². The summed E-state index contributed by atoms with van der Waals surface area (Å²) in [6, 6.07) is 0.359. The number of piperidine rings is 1. The van der Waals surface area contributed by atoms with Gasteiger partial charge >= 0.3 is 0 Å². The summed E-state index contributed by atoms with van der Waals surface area (Å²) in [5.41, 5.74) is 3.51. The molecule has 1 aromatic heterocycles. The molecule has 0 spiro atoms. The Morgan fingerprint density at radius 3 is 2.79 bits per heavy atom. The van der Waals surface area contributed by atoms with E-state index in [-0.39, 0.29) is 0 Å². The molecule has 0 aliphatic carbocycles. The van der Waals surface area contributed by atoms with E-state index in [1.54, 1.807) is 6.20 Å². The van der Waals surface area contributed by atoms with Crippen LogP contribution in [0.25, 0.3) is 0 Å². The number of nitrogens with zero attached hydrogens (tertiary/aromatic N) is 3. The number of hydrogen-bond donors (Lipinski definition) is 3. The first kappa shape index (κ1) is 14.0. The van der Waals surface area contributed by atoms with Crippen LogP contribution in [-0.4, -0.2) is 40.5 Å². The number of hydrazine groups is 1. The van der Waals surface area contributed by atoms with Gasteiger partial charge in [0.15, 0.2) is 0 Å². The van der Waals surface area contributed by atoms with Gasteiger partial charge in [0.1, 0.15) is 5.82 Å². The number of hydrogen-bond acceptors (Lipinski definition) is 6. The van der Waals surface area contributed by atoms with Crippen LogP contribution in [0.3, 0.4) is 0 Å². The van der Waals surface area contributed by atoms with Crippen LogP contribution in [0, 0.1) is 6.92 Å². The molecule has 0 radical (unpaired) electrons. The normalized spacial score (nSPS) is 18.1. The highest BCUT2D eigenvalue weighted by Crippen LogP contribution is 2.14. The van der Waals surface area contributed by atoms with Gasteiger partial charge in [-0.05, 0) is 39.8 Å².